The van der Waals surface area contributed by atoms with Gasteiger partial charge >= 0.3 is 15.6 Å². The first-order valence-electron chi connectivity index (χ1n) is 12.1. The number of nitrogen functional groups attached to an aromatic ring is 1. The van der Waals surface area contributed by atoms with Crippen LogP contribution < -0.4 is 20.6 Å². The predicted octanol–water partition coefficient (Wildman–Crippen LogP) is -0.00280. The largest absolute Gasteiger partial charge is 0.534 e. The highest BCUT2D eigenvalue weighted by molar-refractivity contribution is 7.88. The molecule has 0 radical (unpaired) electrons. The second-order valence-corrected chi connectivity index (χ2v) is 12.2. The third-order valence-corrected chi connectivity index (χ3v) is 8.73. The molecule has 18 heteroatoms. The van der Waals surface area contributed by atoms with Gasteiger partial charge in [-0.2, -0.15) is 21.6 Å². The highest BCUT2D eigenvalue weighted by Crippen LogP contribution is 2.56. The number of rotatable bonds is 5. The topological polar surface area (TPSA) is 234 Å². The number of alkyl halides is 3. The van der Waals surface area contributed by atoms with Crippen LogP contribution in [0.25, 0.3) is 0 Å². The number of carbonyl (C=O) groups is 3. The lowest BCUT2D eigenvalue weighted by atomic mass is 9.58. The molecule has 2 unspecified atom stereocenters. The minimum absolute atomic E-state index is 0.197. The second-order valence-electron chi connectivity index (χ2n) is 10.6. The first-order chi connectivity index (χ1) is 19.1. The van der Waals surface area contributed by atoms with Gasteiger partial charge < -0.3 is 41.0 Å². The van der Waals surface area contributed by atoms with Crippen molar-refractivity contribution >= 4 is 39.0 Å². The van der Waals surface area contributed by atoms with Crippen molar-refractivity contribution in [2.75, 3.05) is 38.8 Å². The van der Waals surface area contributed by atoms with E-state index in [9.17, 15) is 56.4 Å². The molecule has 0 bridgehead atoms. The molecule has 1 aromatic rings. The maximum atomic E-state index is 13.8. The third kappa shape index (κ3) is 4.07. The summed E-state index contributed by atoms with van der Waals surface area (Å²) < 4.78 is 67.5. The van der Waals surface area contributed by atoms with Crippen molar-refractivity contribution in [3.8, 4) is 11.5 Å². The first kappa shape index (κ1) is 30.9. The number of fused-ring (bicyclic) bond motifs is 3. The number of likely N-dealkylation sites (N-methyl/N-ethyl adjacent to an activating group) is 1. The fourth-order valence-corrected chi connectivity index (χ4v) is 6.56. The lowest BCUT2D eigenvalue weighted by Crippen LogP contribution is -2.63. The maximum Gasteiger partial charge on any atom is 0.534 e. The molecule has 0 heterocycles. The molecule has 0 aromatic heterocycles. The molecule has 1 aromatic carbocycles. The van der Waals surface area contributed by atoms with Crippen LogP contribution >= 0.6 is 0 Å². The number of aliphatic hydroxyl groups is 3. The molecule has 1 amide bonds. The number of allylic oxidation sites excluding steroid dienone is 1. The van der Waals surface area contributed by atoms with E-state index in [4.69, 9.17) is 11.5 Å². The van der Waals surface area contributed by atoms with Crippen LogP contribution in [0.2, 0.25) is 0 Å². The molecule has 3 aliphatic rings. The van der Waals surface area contributed by atoms with Gasteiger partial charge in [-0.3, -0.25) is 19.3 Å². The minimum Gasteiger partial charge on any atom is -0.510 e. The summed E-state index contributed by atoms with van der Waals surface area (Å²) in [7, 11) is -0.855. The van der Waals surface area contributed by atoms with Crippen molar-refractivity contribution in [3.05, 3.63) is 33.8 Å². The van der Waals surface area contributed by atoms with Crippen LogP contribution in [0, 0.1) is 11.8 Å². The minimum atomic E-state index is -6.28. The number of hydrogen-bond donors (Lipinski definition) is 6. The van der Waals surface area contributed by atoms with Crippen molar-refractivity contribution in [2.24, 2.45) is 17.6 Å². The Balaban J connectivity index is 2.01. The van der Waals surface area contributed by atoms with Crippen LogP contribution in [0.1, 0.15) is 22.3 Å². The number of nitrogens with two attached hydrogens (primary N) is 2. The average molecular weight is 621 g/mol. The summed E-state index contributed by atoms with van der Waals surface area (Å²) in [6.07, 6.45) is -0.681. The van der Waals surface area contributed by atoms with Gasteiger partial charge in [0, 0.05) is 25.6 Å². The Kier molecular flexibility index (Phi) is 6.99. The Morgan fingerprint density at radius 2 is 1.69 bits per heavy atom. The van der Waals surface area contributed by atoms with E-state index in [-0.39, 0.29) is 18.4 Å². The van der Waals surface area contributed by atoms with Gasteiger partial charge in [-0.25, -0.2) is 0 Å². The predicted molar refractivity (Wildman–Crippen MR) is 138 cm³/mol. The van der Waals surface area contributed by atoms with E-state index in [0.717, 1.165) is 4.90 Å². The van der Waals surface area contributed by atoms with E-state index in [2.05, 4.69) is 4.18 Å². The van der Waals surface area contributed by atoms with Crippen LogP contribution in [-0.4, -0.2) is 96.6 Å². The summed E-state index contributed by atoms with van der Waals surface area (Å²) in [5.74, 6) is -10.7. The quantitative estimate of drug-likeness (QED) is 0.0837. The van der Waals surface area contributed by atoms with E-state index in [0.29, 0.717) is 0 Å². The Morgan fingerprint density at radius 3 is 2.17 bits per heavy atom. The maximum absolute atomic E-state index is 13.8. The number of nitrogens with zero attached hydrogens (tertiary/aromatic N) is 2. The van der Waals surface area contributed by atoms with Gasteiger partial charge in [-0.15, -0.1) is 0 Å². The first-order valence-corrected chi connectivity index (χ1v) is 13.5. The highest BCUT2D eigenvalue weighted by atomic mass is 32.2. The Bertz CT molecular complexity index is 1620. The molecule has 0 spiro atoms. The average Bonchev–Trinajstić information content (AvgIpc) is 2.83. The molecular weight excluding hydrogens is 593 g/mol. The SMILES string of the molecule is CN(C)c1c2c(c(O)c(N)c1OS(=O)(=O)C(F)(F)F)C(=O)C1=C(O)[C@]3(O)C(=O)C(C(N)=O)=C(O)[C@@H](N(C)C)C3CC1C2. The zero-order valence-corrected chi connectivity index (χ0v) is 23.3. The molecule has 0 saturated heterocycles. The Labute approximate surface area is 236 Å². The Hall–Kier alpha value is -4.03. The molecule has 0 fully saturated rings. The summed E-state index contributed by atoms with van der Waals surface area (Å²) >= 11 is 0. The number of hydrogen-bond acceptors (Lipinski definition) is 13. The summed E-state index contributed by atoms with van der Waals surface area (Å²) in [5, 5.41) is 44.6. The number of primary amides is 1. The van der Waals surface area contributed by atoms with Crippen LogP contribution in [-0.2, 0) is 26.1 Å². The van der Waals surface area contributed by atoms with Crippen LogP contribution in [0.5, 0.6) is 11.5 Å². The molecule has 4 rings (SSSR count). The number of carbonyl (C=O) groups excluding carboxylic acids is 3. The number of benzene rings is 1. The van der Waals surface area contributed by atoms with Crippen molar-refractivity contribution in [1.29, 1.82) is 0 Å². The standard InChI is InChI=1S/C24H27F3N4O10S/c1-30(2)14-8-5-7-6-9-15(31(3)4)18(34)12(22(29)37)21(36)23(9,38)20(35)10(7)16(32)11(8)17(33)13(28)19(14)41-42(39,40)24(25,26)27/h7,9,15,33-35,38H,5-6,28H2,1-4H3,(H2,29,37)/t7?,9?,15-,23-/m0/s1. The molecular formula is C24H27F3N4O10S. The van der Waals surface area contributed by atoms with E-state index in [1.54, 1.807) is 0 Å². The number of aliphatic hydroxyl groups excluding tert-OH is 2. The van der Waals surface area contributed by atoms with Crippen molar-refractivity contribution in [1.82, 2.24) is 4.90 Å². The fraction of sp³-hybridized carbons (Fsp3) is 0.458. The third-order valence-electron chi connectivity index (χ3n) is 7.78. The lowest BCUT2D eigenvalue weighted by molar-refractivity contribution is -0.148. The number of amides is 1. The molecule has 14 nitrogen and oxygen atoms in total. The number of ketones is 2. The zero-order chi connectivity index (χ0) is 32.0. The van der Waals surface area contributed by atoms with Crippen molar-refractivity contribution in [3.63, 3.8) is 0 Å². The van der Waals surface area contributed by atoms with Crippen LogP contribution in [0.4, 0.5) is 24.5 Å². The van der Waals surface area contributed by atoms with Gasteiger partial charge in [0.05, 0.1) is 17.3 Å². The number of anilines is 2. The van der Waals surface area contributed by atoms with Gasteiger partial charge in [0.15, 0.2) is 22.9 Å². The smallest absolute Gasteiger partial charge is 0.510 e. The second kappa shape index (κ2) is 9.50. The molecule has 8 N–H and O–H groups in total. The van der Waals surface area contributed by atoms with E-state index >= 15 is 0 Å². The molecule has 0 aliphatic heterocycles. The lowest BCUT2D eigenvalue weighted by Gasteiger charge is -2.50. The number of halogens is 3. The number of aromatic hydroxyl groups is 1. The van der Waals surface area contributed by atoms with Gasteiger partial charge in [0.2, 0.25) is 5.78 Å². The number of Topliss-reactive ketones (excluding diaryl/α,β-unsaturated/α-hetero) is 2. The van der Waals surface area contributed by atoms with Gasteiger partial charge in [0.1, 0.15) is 22.8 Å². The Morgan fingerprint density at radius 1 is 1.12 bits per heavy atom. The van der Waals surface area contributed by atoms with Crippen molar-refractivity contribution < 1.29 is 60.6 Å². The van der Waals surface area contributed by atoms with E-state index in [1.165, 1.54) is 33.1 Å². The zero-order valence-electron chi connectivity index (χ0n) is 22.5. The van der Waals surface area contributed by atoms with Crippen LogP contribution in [0.3, 0.4) is 0 Å². The fourth-order valence-electron chi connectivity index (χ4n) is 6.08. The van der Waals surface area contributed by atoms with Crippen LogP contribution in [0.15, 0.2) is 22.7 Å². The summed E-state index contributed by atoms with van der Waals surface area (Å²) in [4.78, 5) is 41.6. The highest BCUT2D eigenvalue weighted by Gasteiger charge is 2.63. The molecule has 3 aliphatic carbocycles. The normalized spacial score (nSPS) is 26.2. The summed E-state index contributed by atoms with van der Waals surface area (Å²) in [5.41, 5.74) is -1.57. The molecule has 42 heavy (non-hydrogen) atoms. The van der Waals surface area contributed by atoms with E-state index < -0.39 is 108 Å². The monoisotopic (exact) mass is 620 g/mol. The molecule has 0 saturated carbocycles. The molecule has 230 valence electrons. The summed E-state index contributed by atoms with van der Waals surface area (Å²) in [6, 6.07) is -1.28. The number of phenolic OH excluding ortho intramolecular Hbond substituents is 1. The van der Waals surface area contributed by atoms with Gasteiger partial charge in [0.25, 0.3) is 5.91 Å². The molecule has 4 atom stereocenters. The number of phenols is 1. The van der Waals surface area contributed by atoms with E-state index in [1.807, 2.05) is 0 Å². The van der Waals surface area contributed by atoms with Gasteiger partial charge in [-0.05, 0) is 38.4 Å². The van der Waals surface area contributed by atoms with Crippen molar-refractivity contribution in [2.45, 2.75) is 30.0 Å². The summed E-state index contributed by atoms with van der Waals surface area (Å²) in [6.45, 7) is 0. The van der Waals surface area contributed by atoms with Gasteiger partial charge in [-0.1, -0.05) is 0 Å².